The lowest BCUT2D eigenvalue weighted by molar-refractivity contribution is 0.169. The molecule has 1 aliphatic rings. The maximum atomic E-state index is 10.7. The average molecular weight is 499 g/mol. The smallest absolute Gasteiger partial charge is 0.239 e. The summed E-state index contributed by atoms with van der Waals surface area (Å²) in [5, 5.41) is 21.3. The van der Waals surface area contributed by atoms with Crippen LogP contribution in [0, 0.1) is 6.92 Å². The van der Waals surface area contributed by atoms with Crippen molar-refractivity contribution in [3.05, 3.63) is 60.1 Å². The molecule has 3 atom stereocenters. The second-order valence-corrected chi connectivity index (χ2v) is 9.13. The highest BCUT2D eigenvalue weighted by molar-refractivity contribution is 8.01. The number of hydrazine groups is 1. The van der Waals surface area contributed by atoms with Gasteiger partial charge in [0, 0.05) is 25.1 Å². The molecule has 11 nitrogen and oxygen atoms in total. The number of ether oxygens (including phenoxy) is 2. The van der Waals surface area contributed by atoms with Gasteiger partial charge < -0.3 is 19.6 Å². The summed E-state index contributed by atoms with van der Waals surface area (Å²) < 4.78 is 16.5. The first-order valence-electron chi connectivity index (χ1n) is 11.2. The van der Waals surface area contributed by atoms with Crippen LogP contribution in [0.15, 0.2) is 42.9 Å². The third-order valence-electron chi connectivity index (χ3n) is 5.54. The summed E-state index contributed by atoms with van der Waals surface area (Å²) in [6.07, 6.45) is 6.50. The number of rotatable bonds is 10. The zero-order valence-corrected chi connectivity index (χ0v) is 21.2. The largest absolute Gasteiger partial charge is 0.494 e. The molecule has 4 rings (SSSR count). The molecule has 1 aliphatic heterocycles. The molecule has 0 aliphatic carbocycles. The fourth-order valence-electron chi connectivity index (χ4n) is 3.61. The Morgan fingerprint density at radius 2 is 1.86 bits per heavy atom. The molecule has 3 heterocycles. The third-order valence-corrected chi connectivity index (χ3v) is 6.47. The van der Waals surface area contributed by atoms with Crippen molar-refractivity contribution >= 4 is 17.9 Å². The van der Waals surface area contributed by atoms with Crippen molar-refractivity contribution in [2.45, 2.75) is 38.2 Å². The summed E-state index contributed by atoms with van der Waals surface area (Å²) in [7, 11) is 3.22. The van der Waals surface area contributed by atoms with Gasteiger partial charge in [-0.05, 0) is 56.5 Å². The Hall–Kier alpha value is -3.35. The highest BCUT2D eigenvalue weighted by atomic mass is 32.2. The topological polar surface area (TPSA) is 122 Å². The van der Waals surface area contributed by atoms with Crippen molar-refractivity contribution < 1.29 is 14.6 Å². The second kappa shape index (κ2) is 10.9. The summed E-state index contributed by atoms with van der Waals surface area (Å²) in [6.45, 7) is 6.65. The Labute approximate surface area is 208 Å². The van der Waals surface area contributed by atoms with E-state index in [-0.39, 0.29) is 11.3 Å². The van der Waals surface area contributed by atoms with Gasteiger partial charge in [-0.3, -0.25) is 9.29 Å². The monoisotopic (exact) mass is 498 g/mol. The highest BCUT2D eigenvalue weighted by Gasteiger charge is 2.29. The minimum Gasteiger partial charge on any atom is -0.494 e. The number of anilines is 1. The normalized spacial score (nSPS) is 16.9. The summed E-state index contributed by atoms with van der Waals surface area (Å²) in [4.78, 5) is 8.49. The number of nitrogens with one attached hydrogen (secondary N) is 2. The standard InChI is InChI=1S/C23H30N8O3S/c1-6-30-11-10-16(28-30)22-26-27-23(31(22)19-17(33-4)8-7-9-18(19)34-5)29-35-15(3)20(32)21-24-12-14(2)13-25-21/h7-13,15-16,20,28,32H,6H2,1-5H3,(H,27,29). The fourth-order valence-corrected chi connectivity index (χ4v) is 4.28. The van der Waals surface area contributed by atoms with Crippen molar-refractivity contribution in [1.82, 2.24) is 35.2 Å². The van der Waals surface area contributed by atoms with Crippen LogP contribution >= 0.6 is 11.9 Å². The van der Waals surface area contributed by atoms with Gasteiger partial charge in [0.1, 0.15) is 29.3 Å². The van der Waals surface area contributed by atoms with E-state index in [0.29, 0.717) is 34.8 Å². The summed E-state index contributed by atoms with van der Waals surface area (Å²) in [5.41, 5.74) is 4.99. The SMILES string of the molecule is CCN1C=CC(c2nnc(NSC(C)C(O)c3ncc(C)cn3)n2-c2c(OC)cccc2OC)N1. The van der Waals surface area contributed by atoms with Crippen LogP contribution in [0.1, 0.15) is 43.2 Å². The molecule has 0 saturated carbocycles. The number of hydrogen-bond donors (Lipinski definition) is 3. The number of hydrogen-bond acceptors (Lipinski definition) is 11. The molecule has 2 aromatic heterocycles. The van der Waals surface area contributed by atoms with Gasteiger partial charge in [-0.15, -0.1) is 10.2 Å². The van der Waals surface area contributed by atoms with E-state index in [9.17, 15) is 5.11 Å². The first kappa shape index (κ1) is 24.8. The Bertz CT molecular complexity index is 1150. The first-order valence-corrected chi connectivity index (χ1v) is 12.1. The minimum atomic E-state index is -0.873. The summed E-state index contributed by atoms with van der Waals surface area (Å²) in [6, 6.07) is 5.37. The Morgan fingerprint density at radius 3 is 2.46 bits per heavy atom. The number of benzene rings is 1. The molecular formula is C23H30N8O3S. The van der Waals surface area contributed by atoms with Crippen LogP contribution in [0.25, 0.3) is 5.69 Å². The van der Waals surface area contributed by atoms with E-state index in [1.54, 1.807) is 26.6 Å². The van der Waals surface area contributed by atoms with E-state index in [0.717, 1.165) is 12.1 Å². The number of nitrogens with zero attached hydrogens (tertiary/aromatic N) is 6. The van der Waals surface area contributed by atoms with Crippen LogP contribution < -0.4 is 19.6 Å². The first-order chi connectivity index (χ1) is 17.0. The van der Waals surface area contributed by atoms with Crippen molar-refractivity contribution in [2.24, 2.45) is 0 Å². The predicted molar refractivity (Wildman–Crippen MR) is 134 cm³/mol. The van der Waals surface area contributed by atoms with Crippen molar-refractivity contribution in [3.8, 4) is 17.2 Å². The summed E-state index contributed by atoms with van der Waals surface area (Å²) in [5.74, 6) is 2.69. The molecular weight excluding hydrogens is 468 g/mol. The second-order valence-electron chi connectivity index (χ2n) is 7.95. The molecule has 3 aromatic rings. The van der Waals surface area contributed by atoms with Gasteiger partial charge in [-0.25, -0.2) is 15.4 Å². The fraction of sp³-hybridized carbons (Fsp3) is 0.391. The van der Waals surface area contributed by atoms with Crippen LogP contribution in [0.4, 0.5) is 5.95 Å². The lowest BCUT2D eigenvalue weighted by Crippen LogP contribution is -2.31. The maximum Gasteiger partial charge on any atom is 0.239 e. The van der Waals surface area contributed by atoms with E-state index in [4.69, 9.17) is 9.47 Å². The molecule has 3 unspecified atom stereocenters. The van der Waals surface area contributed by atoms with Gasteiger partial charge in [0.15, 0.2) is 11.6 Å². The van der Waals surface area contributed by atoms with Crippen LogP contribution in [0.3, 0.4) is 0 Å². The Morgan fingerprint density at radius 1 is 1.17 bits per heavy atom. The number of aliphatic hydroxyl groups is 1. The van der Waals surface area contributed by atoms with Crippen molar-refractivity contribution in [1.29, 1.82) is 0 Å². The number of aliphatic hydroxyl groups excluding tert-OH is 1. The van der Waals surface area contributed by atoms with Crippen LogP contribution in [-0.2, 0) is 0 Å². The van der Waals surface area contributed by atoms with Gasteiger partial charge >= 0.3 is 0 Å². The van der Waals surface area contributed by atoms with E-state index >= 15 is 0 Å². The van der Waals surface area contributed by atoms with Crippen LogP contribution in [0.2, 0.25) is 0 Å². The molecule has 0 bridgehead atoms. The quantitative estimate of drug-likeness (QED) is 0.358. The zero-order valence-electron chi connectivity index (χ0n) is 20.3. The lowest BCUT2D eigenvalue weighted by Gasteiger charge is -2.22. The van der Waals surface area contributed by atoms with E-state index in [2.05, 4.69) is 37.2 Å². The van der Waals surface area contributed by atoms with Crippen LogP contribution in [-0.4, -0.2) is 60.9 Å². The third kappa shape index (κ3) is 5.19. The number of aryl methyl sites for hydroxylation is 1. The lowest BCUT2D eigenvalue weighted by atomic mass is 10.2. The van der Waals surface area contributed by atoms with Gasteiger partial charge in [0.2, 0.25) is 5.95 Å². The highest BCUT2D eigenvalue weighted by Crippen LogP contribution is 2.38. The van der Waals surface area contributed by atoms with Gasteiger partial charge in [0.25, 0.3) is 0 Å². The van der Waals surface area contributed by atoms with Crippen molar-refractivity contribution in [2.75, 3.05) is 25.5 Å². The maximum absolute atomic E-state index is 10.7. The molecule has 0 spiro atoms. The van der Waals surface area contributed by atoms with Crippen molar-refractivity contribution in [3.63, 3.8) is 0 Å². The molecule has 0 saturated heterocycles. The molecule has 186 valence electrons. The number of aromatic nitrogens is 5. The molecule has 1 aromatic carbocycles. The average Bonchev–Trinajstić information content (AvgIpc) is 3.53. The zero-order chi connectivity index (χ0) is 24.9. The molecule has 0 radical (unpaired) electrons. The Kier molecular flexibility index (Phi) is 7.73. The van der Waals surface area contributed by atoms with Crippen LogP contribution in [0.5, 0.6) is 11.5 Å². The van der Waals surface area contributed by atoms with Gasteiger partial charge in [-0.2, -0.15) is 0 Å². The van der Waals surface area contributed by atoms with Gasteiger partial charge in [-0.1, -0.05) is 6.07 Å². The Balaban J connectivity index is 1.67. The molecule has 0 amide bonds. The van der Waals surface area contributed by atoms with E-state index in [1.165, 1.54) is 11.9 Å². The molecule has 0 fully saturated rings. The van der Waals surface area contributed by atoms with E-state index in [1.807, 2.05) is 53.9 Å². The summed E-state index contributed by atoms with van der Waals surface area (Å²) >= 11 is 1.30. The number of methoxy groups -OCH3 is 2. The molecule has 3 N–H and O–H groups in total. The van der Waals surface area contributed by atoms with Gasteiger partial charge in [0.05, 0.1) is 19.5 Å². The molecule has 12 heteroatoms. The minimum absolute atomic E-state index is 0.207. The number of para-hydroxylation sites is 1. The van der Waals surface area contributed by atoms with E-state index < -0.39 is 6.10 Å². The predicted octanol–water partition coefficient (Wildman–Crippen LogP) is 2.96. The molecule has 35 heavy (non-hydrogen) atoms.